The van der Waals surface area contributed by atoms with Gasteiger partial charge in [-0.2, -0.15) is 0 Å². The highest BCUT2D eigenvalue weighted by Crippen LogP contribution is 2.37. The van der Waals surface area contributed by atoms with E-state index in [9.17, 15) is 10.2 Å². The van der Waals surface area contributed by atoms with Gasteiger partial charge in [0.15, 0.2) is 0 Å². The number of aromatic hydroxyl groups is 2. The summed E-state index contributed by atoms with van der Waals surface area (Å²) < 4.78 is 8.56. The minimum Gasteiger partial charge on any atom is -0.508 e. The molecule has 5 nitrogen and oxygen atoms in total. The number of piperidine rings is 1. The Bertz CT molecular complexity index is 1270. The van der Waals surface area contributed by atoms with Crippen molar-refractivity contribution in [1.29, 1.82) is 0 Å². The summed E-state index contributed by atoms with van der Waals surface area (Å²) in [6, 6.07) is 21.1. The normalized spacial score (nSPS) is 14.5. The maximum Gasteiger partial charge on any atom is 0.124 e. The van der Waals surface area contributed by atoms with Gasteiger partial charge < -0.3 is 19.5 Å². The molecule has 0 aliphatic carbocycles. The number of likely N-dealkylation sites (tertiary alicyclic amines) is 1. The lowest BCUT2D eigenvalue weighted by Crippen LogP contribution is -2.33. The van der Waals surface area contributed by atoms with Gasteiger partial charge in [0, 0.05) is 23.0 Å². The average molecular weight is 457 g/mol. The summed E-state index contributed by atoms with van der Waals surface area (Å²) in [5.41, 5.74) is 5.37. The number of fused-ring (bicyclic) bond motifs is 1. The van der Waals surface area contributed by atoms with Gasteiger partial charge in [-0.15, -0.1) is 0 Å². The first kappa shape index (κ1) is 22.4. The van der Waals surface area contributed by atoms with Crippen LogP contribution in [0.1, 0.15) is 30.4 Å². The van der Waals surface area contributed by atoms with Crippen LogP contribution in [0.4, 0.5) is 0 Å². The van der Waals surface area contributed by atoms with Crippen molar-refractivity contribution in [2.24, 2.45) is 0 Å². The number of hydrogen-bond donors (Lipinski definition) is 2. The van der Waals surface area contributed by atoms with Crippen LogP contribution in [0.2, 0.25) is 0 Å². The molecule has 176 valence electrons. The number of para-hydroxylation sites is 1. The van der Waals surface area contributed by atoms with Crippen molar-refractivity contribution in [2.75, 3.05) is 26.2 Å². The van der Waals surface area contributed by atoms with E-state index < -0.39 is 0 Å². The summed E-state index contributed by atoms with van der Waals surface area (Å²) in [7, 11) is 0. The molecule has 0 bridgehead atoms. The predicted molar refractivity (Wildman–Crippen MR) is 137 cm³/mol. The predicted octanol–water partition coefficient (Wildman–Crippen LogP) is 5.94. The van der Waals surface area contributed by atoms with Gasteiger partial charge in [-0.1, -0.05) is 24.6 Å². The molecule has 1 fully saturated rings. The van der Waals surface area contributed by atoms with E-state index in [-0.39, 0.29) is 11.5 Å². The van der Waals surface area contributed by atoms with E-state index in [0.29, 0.717) is 13.2 Å². The molecule has 1 saturated heterocycles. The van der Waals surface area contributed by atoms with Crippen molar-refractivity contribution in [3.05, 3.63) is 77.9 Å². The minimum absolute atomic E-state index is 0.245. The Morgan fingerprint density at radius 1 is 0.853 bits per heavy atom. The Labute approximate surface area is 200 Å². The Kier molecular flexibility index (Phi) is 6.45. The smallest absolute Gasteiger partial charge is 0.124 e. The number of phenolic OH excluding ortho intramolecular Hbond substituents is 2. The van der Waals surface area contributed by atoms with Gasteiger partial charge in [-0.3, -0.25) is 4.90 Å². The highest BCUT2D eigenvalue weighted by Gasteiger charge is 2.18. The molecule has 1 aliphatic heterocycles. The lowest BCUT2D eigenvalue weighted by atomic mass is 10.1. The molecular weight excluding hydrogens is 424 g/mol. The Balaban J connectivity index is 1.48. The van der Waals surface area contributed by atoms with Crippen LogP contribution < -0.4 is 4.74 Å². The van der Waals surface area contributed by atoms with Gasteiger partial charge in [0.25, 0.3) is 0 Å². The Morgan fingerprint density at radius 3 is 2.38 bits per heavy atom. The first-order valence-corrected chi connectivity index (χ1v) is 12.1. The Morgan fingerprint density at radius 2 is 1.59 bits per heavy atom. The topological polar surface area (TPSA) is 57.9 Å². The molecule has 4 aromatic rings. The monoisotopic (exact) mass is 456 g/mol. The Hall–Kier alpha value is -3.44. The molecule has 2 heterocycles. The molecule has 0 atom stereocenters. The molecule has 0 radical (unpaired) electrons. The number of phenols is 2. The van der Waals surface area contributed by atoms with Crippen LogP contribution in [-0.2, 0) is 6.54 Å². The highest BCUT2D eigenvalue weighted by molar-refractivity contribution is 5.92. The van der Waals surface area contributed by atoms with Crippen LogP contribution in [0, 0.1) is 6.92 Å². The van der Waals surface area contributed by atoms with Crippen LogP contribution in [-0.4, -0.2) is 45.9 Å². The van der Waals surface area contributed by atoms with E-state index in [0.717, 1.165) is 45.6 Å². The standard InChI is InChI=1S/C29H32N2O3/c1-21-26-19-25(33)13-14-27(26)31(29(21)22-9-11-24(32)12-10-22)20-23-7-3-4-8-28(23)34-18-17-30-15-5-2-6-16-30/h3-4,7-14,19,32-33H,2,5-6,15-18,20H2,1H3. The van der Waals surface area contributed by atoms with Gasteiger partial charge in [-0.05, 0) is 92.5 Å². The first-order chi connectivity index (χ1) is 16.6. The third-order valence-electron chi connectivity index (χ3n) is 6.86. The summed E-state index contributed by atoms with van der Waals surface area (Å²) in [6.45, 7) is 6.71. The van der Waals surface area contributed by atoms with Crippen LogP contribution in [0.3, 0.4) is 0 Å². The van der Waals surface area contributed by atoms with Crippen molar-refractivity contribution in [3.8, 4) is 28.5 Å². The number of ether oxygens (including phenoxy) is 1. The fraction of sp³-hybridized carbons (Fsp3) is 0.310. The minimum atomic E-state index is 0.245. The quantitative estimate of drug-likeness (QED) is 0.361. The number of rotatable bonds is 7. The number of hydrogen-bond acceptors (Lipinski definition) is 4. The summed E-state index contributed by atoms with van der Waals surface area (Å²) in [5, 5.41) is 21.0. The molecule has 34 heavy (non-hydrogen) atoms. The van der Waals surface area contributed by atoms with Gasteiger partial charge in [0.05, 0.1) is 12.2 Å². The second-order valence-electron chi connectivity index (χ2n) is 9.17. The van der Waals surface area contributed by atoms with Crippen molar-refractivity contribution in [1.82, 2.24) is 9.47 Å². The summed E-state index contributed by atoms with van der Waals surface area (Å²) >= 11 is 0. The van der Waals surface area contributed by atoms with Crippen molar-refractivity contribution < 1.29 is 14.9 Å². The molecule has 0 spiro atoms. The third kappa shape index (κ3) is 4.62. The molecule has 3 aromatic carbocycles. The zero-order chi connectivity index (χ0) is 23.5. The zero-order valence-electron chi connectivity index (χ0n) is 19.7. The van der Waals surface area contributed by atoms with Gasteiger partial charge in [-0.25, -0.2) is 0 Å². The van der Waals surface area contributed by atoms with E-state index in [1.165, 1.54) is 32.4 Å². The van der Waals surface area contributed by atoms with E-state index in [1.807, 2.05) is 30.3 Å². The second-order valence-corrected chi connectivity index (χ2v) is 9.17. The molecule has 0 saturated carbocycles. The van der Waals surface area contributed by atoms with E-state index in [4.69, 9.17) is 4.74 Å². The fourth-order valence-electron chi connectivity index (χ4n) is 5.08. The zero-order valence-corrected chi connectivity index (χ0v) is 19.7. The lowest BCUT2D eigenvalue weighted by molar-refractivity contribution is 0.182. The van der Waals surface area contributed by atoms with Crippen LogP contribution in [0.25, 0.3) is 22.2 Å². The van der Waals surface area contributed by atoms with Crippen LogP contribution in [0.15, 0.2) is 66.7 Å². The van der Waals surface area contributed by atoms with Crippen LogP contribution in [0.5, 0.6) is 17.2 Å². The average Bonchev–Trinajstić information content (AvgIpc) is 3.12. The van der Waals surface area contributed by atoms with Crippen molar-refractivity contribution in [3.63, 3.8) is 0 Å². The van der Waals surface area contributed by atoms with E-state index in [1.54, 1.807) is 18.2 Å². The largest absolute Gasteiger partial charge is 0.508 e. The fourth-order valence-corrected chi connectivity index (χ4v) is 5.08. The van der Waals surface area contributed by atoms with Crippen molar-refractivity contribution in [2.45, 2.75) is 32.7 Å². The molecule has 0 unspecified atom stereocenters. The molecule has 5 heteroatoms. The van der Waals surface area contributed by atoms with Crippen molar-refractivity contribution >= 4 is 10.9 Å². The summed E-state index contributed by atoms with van der Waals surface area (Å²) in [5.74, 6) is 1.41. The molecule has 2 N–H and O–H groups in total. The third-order valence-corrected chi connectivity index (χ3v) is 6.86. The van der Waals surface area contributed by atoms with E-state index in [2.05, 4.69) is 34.6 Å². The second kappa shape index (κ2) is 9.82. The number of nitrogens with zero attached hydrogens (tertiary/aromatic N) is 2. The molecule has 1 aliphatic rings. The number of benzene rings is 3. The molecule has 1 aromatic heterocycles. The SMILES string of the molecule is Cc1c(-c2ccc(O)cc2)n(Cc2ccccc2OCCN2CCCCC2)c2ccc(O)cc12. The van der Waals surface area contributed by atoms with E-state index >= 15 is 0 Å². The summed E-state index contributed by atoms with van der Waals surface area (Å²) in [4.78, 5) is 2.49. The van der Waals surface area contributed by atoms with Gasteiger partial charge in [0.2, 0.25) is 0 Å². The highest BCUT2D eigenvalue weighted by atomic mass is 16.5. The molecular formula is C29H32N2O3. The first-order valence-electron chi connectivity index (χ1n) is 12.1. The maximum absolute atomic E-state index is 10.1. The van der Waals surface area contributed by atoms with Gasteiger partial charge >= 0.3 is 0 Å². The summed E-state index contributed by atoms with van der Waals surface area (Å²) in [6.07, 6.45) is 3.91. The number of aryl methyl sites for hydroxylation is 1. The maximum atomic E-state index is 10.1. The van der Waals surface area contributed by atoms with Gasteiger partial charge in [0.1, 0.15) is 23.9 Å². The lowest BCUT2D eigenvalue weighted by Gasteiger charge is -2.26. The molecule has 5 rings (SSSR count). The molecule has 0 amide bonds. The number of aromatic nitrogens is 1. The van der Waals surface area contributed by atoms with Crippen LogP contribution >= 0.6 is 0 Å².